The van der Waals surface area contributed by atoms with Crippen molar-refractivity contribution in [2.45, 2.75) is 262 Å². The third kappa shape index (κ3) is 44.2. The van der Waals surface area contributed by atoms with Crippen LogP contribution in [0.15, 0.2) is 164 Å². The zero-order chi connectivity index (χ0) is 79.8. The molecule has 0 bridgehead atoms. The van der Waals surface area contributed by atoms with E-state index in [1.54, 1.807) is 18.2 Å². The van der Waals surface area contributed by atoms with Crippen molar-refractivity contribution in [2.75, 3.05) is 30.3 Å². The number of aryl methyl sites for hydroxylation is 3. The van der Waals surface area contributed by atoms with Crippen LogP contribution in [0, 0.1) is 35.5 Å². The number of halogens is 3. The summed E-state index contributed by atoms with van der Waals surface area (Å²) in [4.78, 5) is 69.2. The molecule has 610 valence electrons. The Kier molecular flexibility index (Phi) is 54.2. The highest BCUT2D eigenvalue weighted by atomic mass is 79.9. The van der Waals surface area contributed by atoms with E-state index in [1.807, 2.05) is 155 Å². The molecule has 3 aromatic carbocycles. The summed E-state index contributed by atoms with van der Waals surface area (Å²) in [5.74, 6) is -0.994. The zero-order valence-electron chi connectivity index (χ0n) is 66.1. The number of ether oxygens (including phenoxy) is 2. The average Bonchev–Trinajstić information content (AvgIpc) is 1.75. The van der Waals surface area contributed by atoms with Crippen molar-refractivity contribution in [2.24, 2.45) is 35.5 Å². The van der Waals surface area contributed by atoms with Gasteiger partial charge in [-0.1, -0.05) is 209 Å². The van der Waals surface area contributed by atoms with Crippen LogP contribution in [0.1, 0.15) is 206 Å². The van der Waals surface area contributed by atoms with Crippen molar-refractivity contribution in [3.63, 3.8) is 0 Å². The van der Waals surface area contributed by atoms with Gasteiger partial charge in [0.2, 0.25) is 23.0 Å². The normalized spacial score (nSPS) is 22.6. The van der Waals surface area contributed by atoms with Gasteiger partial charge in [0.15, 0.2) is 0 Å². The Bertz CT molecular complexity index is 2990. The standard InChI is InChI=1S/C30H45NO5.C29H42BrNO5.C25H37NO4.C4H6BrClO.H/c1-3-5-17-30(35)36-28-22-27(33)25(15-11-6-7-12-16-29(34)31-4-2)26(28)21-20-24(32)19-18-23-13-9-8-10-14-23;1-2-31-28(34)14-9-4-3-8-13-24-25(27(21-26(24)33)36-29(35)15-10-20-30)19-18-23(32)17-16-22-11-6-5-7-12-22;1-2-26-25(30)13-9-4-3-8-12-21-22(24(29)18-23(21)28)17-16-20(27)15-14-19-10-6-5-7-11-19;5-3-1-2-4(6)7;/h6,8-11,13-14,20-21,24-28,32-33H,3-5,7,12,15-19,22H2,1-2H3,(H,31,34);3,5-8,11-12,18-19,23-27,32-33H,2,4,9-10,13-17,20-21H2,1H3,(H,31,34);3,5-8,10-11,16-17,20-24,27-29H,2,4,9,12-15,18H2,1H3,(H,26,30);1-3H2;/q;;;;-1/b11-6-,21-20+;8-3-,19-18+;8-3-,17-16+;;/t24-,25+,26+,27-,28+;23-,24+,25+,26-,27+;20-,21+,22+,23-,24+;;/m000../s1. The van der Waals surface area contributed by atoms with Gasteiger partial charge in [-0.15, -0.1) is 0 Å². The van der Waals surface area contributed by atoms with Gasteiger partial charge in [0.05, 0.1) is 42.7 Å². The van der Waals surface area contributed by atoms with Crippen LogP contribution < -0.4 is 16.0 Å². The minimum atomic E-state index is -0.613. The van der Waals surface area contributed by atoms with E-state index in [0.29, 0.717) is 122 Å². The molecule has 3 aliphatic carbocycles. The number of aliphatic hydroxyl groups is 7. The molecule has 21 heteroatoms. The molecule has 10 N–H and O–H groups in total. The molecular weight excluding hydrogens is 1530 g/mol. The van der Waals surface area contributed by atoms with E-state index in [2.05, 4.69) is 66.0 Å². The van der Waals surface area contributed by atoms with E-state index in [-0.39, 0.29) is 71.8 Å². The predicted molar refractivity (Wildman–Crippen MR) is 445 cm³/mol. The second-order valence-corrected chi connectivity index (χ2v) is 30.4. The Morgan fingerprint density at radius 3 is 1.08 bits per heavy atom. The van der Waals surface area contributed by atoms with Gasteiger partial charge in [0.1, 0.15) is 12.2 Å². The van der Waals surface area contributed by atoms with Crippen molar-refractivity contribution in [1.82, 2.24) is 16.0 Å². The summed E-state index contributed by atoms with van der Waals surface area (Å²) in [7, 11) is 0. The molecule has 0 unspecified atom stereocenters. The molecule has 3 saturated carbocycles. The summed E-state index contributed by atoms with van der Waals surface area (Å²) in [6, 6.07) is 30.2. The fourth-order valence-corrected chi connectivity index (χ4v) is 14.3. The molecule has 0 aliphatic heterocycles. The van der Waals surface area contributed by atoms with E-state index in [1.165, 1.54) is 16.7 Å². The van der Waals surface area contributed by atoms with E-state index in [0.717, 1.165) is 87.7 Å². The third-order valence-electron chi connectivity index (χ3n) is 19.6. The van der Waals surface area contributed by atoms with Crippen LogP contribution in [0.4, 0.5) is 0 Å². The van der Waals surface area contributed by atoms with Crippen LogP contribution >= 0.6 is 43.5 Å². The van der Waals surface area contributed by atoms with Crippen LogP contribution in [0.5, 0.6) is 0 Å². The average molecular weight is 1670 g/mol. The largest absolute Gasteiger partial charge is 1.00 e. The quantitative estimate of drug-likeness (QED) is 0.00827. The molecule has 0 heterocycles. The van der Waals surface area contributed by atoms with Crippen LogP contribution in [0.25, 0.3) is 0 Å². The Morgan fingerprint density at radius 1 is 0.440 bits per heavy atom. The first-order chi connectivity index (χ1) is 52.7. The first-order valence-corrected chi connectivity index (χ1v) is 42.7. The Morgan fingerprint density at radius 2 is 0.761 bits per heavy atom. The number of carbonyl (C=O) groups excluding carboxylic acids is 6. The van der Waals surface area contributed by atoms with Gasteiger partial charge in [-0.3, -0.25) is 28.8 Å². The van der Waals surface area contributed by atoms with Crippen molar-refractivity contribution >= 4 is 78.4 Å². The molecule has 3 aromatic rings. The first-order valence-electron chi connectivity index (χ1n) is 40.0. The van der Waals surface area contributed by atoms with Gasteiger partial charge in [-0.2, -0.15) is 0 Å². The highest BCUT2D eigenvalue weighted by Crippen LogP contribution is 2.41. The Balaban J connectivity index is 0.000000535. The zero-order valence-corrected chi connectivity index (χ0v) is 69.0. The second kappa shape index (κ2) is 60.7. The minimum absolute atomic E-state index is 0. The molecule has 3 amide bonds. The van der Waals surface area contributed by atoms with Gasteiger partial charge in [0, 0.05) is 106 Å². The van der Waals surface area contributed by atoms with Gasteiger partial charge in [-0.25, -0.2) is 0 Å². The molecule has 6 rings (SSSR count). The summed E-state index contributed by atoms with van der Waals surface area (Å²) in [5, 5.41) is 83.4. The summed E-state index contributed by atoms with van der Waals surface area (Å²) in [6.45, 7) is 9.71. The lowest BCUT2D eigenvalue weighted by molar-refractivity contribution is -0.151. The lowest BCUT2D eigenvalue weighted by atomic mass is 9.89. The summed E-state index contributed by atoms with van der Waals surface area (Å²) < 4.78 is 11.5. The number of amides is 3. The number of carbonyl (C=O) groups is 6. The number of hydrogen-bond acceptors (Lipinski definition) is 15. The molecule has 0 aromatic heterocycles. The number of rotatable bonds is 47. The maximum Gasteiger partial charge on any atom is 0.306 e. The van der Waals surface area contributed by atoms with Crippen LogP contribution in [0.3, 0.4) is 0 Å². The summed E-state index contributed by atoms with van der Waals surface area (Å²) >= 11 is 11.5. The van der Waals surface area contributed by atoms with Gasteiger partial charge >= 0.3 is 11.9 Å². The third-order valence-corrected chi connectivity index (χ3v) is 20.9. The van der Waals surface area contributed by atoms with E-state index in [9.17, 15) is 64.5 Å². The van der Waals surface area contributed by atoms with E-state index >= 15 is 0 Å². The number of hydrogen-bond donors (Lipinski definition) is 10. The number of benzene rings is 3. The minimum Gasteiger partial charge on any atom is -1.00 e. The molecule has 0 saturated heterocycles. The molecule has 18 nitrogen and oxygen atoms in total. The Hall–Kier alpha value is -5.91. The lowest BCUT2D eigenvalue weighted by Gasteiger charge is -2.22. The highest BCUT2D eigenvalue weighted by Gasteiger charge is 2.44. The maximum atomic E-state index is 12.3. The number of esters is 2. The van der Waals surface area contributed by atoms with Crippen molar-refractivity contribution < 1.29 is 75.4 Å². The number of nitrogens with one attached hydrogen (secondary N) is 3. The number of alkyl halides is 2. The number of allylic oxidation sites excluding steroid dienone is 6. The lowest BCUT2D eigenvalue weighted by Crippen LogP contribution is -2.25. The maximum absolute atomic E-state index is 12.3. The SMILES string of the molecule is CCCCC(=O)O[C@@H]1C[C@H](O)[C@H](C/C=C\CCCC(=O)NCC)[C@H]1/C=C/[C@@H](O)CCc1ccccc1.CCNC(=O)CCC/C=C\C[C@@H]1[C@@H](/C=C/[C@@H](O)CCc2ccccc2)[C@H](O)C[C@@H]1O.CCNC(=O)CCC/C=C\C[C@@H]1[C@@H](/C=C/[C@@H](O)CCc2ccccc2)[C@H](OC(=O)CCCBr)C[C@@H]1O.O=C(Cl)CCCBr.[H-]. The van der Waals surface area contributed by atoms with Crippen molar-refractivity contribution in [3.8, 4) is 0 Å². The van der Waals surface area contributed by atoms with Gasteiger partial charge in [-0.05, 0) is 182 Å². The van der Waals surface area contributed by atoms with Crippen molar-refractivity contribution in [1.29, 1.82) is 0 Å². The summed E-state index contributed by atoms with van der Waals surface area (Å²) in [5.41, 5.74) is 3.55. The van der Waals surface area contributed by atoms with Crippen molar-refractivity contribution in [3.05, 3.63) is 181 Å². The molecule has 3 aliphatic rings. The fourth-order valence-electron chi connectivity index (χ4n) is 13.6. The topological polar surface area (TPSA) is 299 Å². The molecule has 109 heavy (non-hydrogen) atoms. The Labute approximate surface area is 674 Å². The second-order valence-electron chi connectivity index (χ2n) is 28.4. The predicted octanol–water partition coefficient (Wildman–Crippen LogP) is 14.9. The number of unbranched alkanes of at least 4 members (excludes halogenated alkanes) is 4. The number of aliphatic hydroxyl groups excluding tert-OH is 7. The van der Waals surface area contributed by atoms with Crippen LogP contribution in [0.2, 0.25) is 0 Å². The molecule has 15 atom stereocenters. The monoisotopic (exact) mass is 1660 g/mol. The van der Waals surface area contributed by atoms with Gasteiger partial charge < -0.3 is 62.6 Å². The first kappa shape index (κ1) is 97.3. The van der Waals surface area contributed by atoms with E-state index < -0.39 is 54.9 Å². The molecular formula is C88H131Br2ClN3O15-. The summed E-state index contributed by atoms with van der Waals surface area (Å²) in [6.07, 6.45) is 36.6. The molecule has 3 fully saturated rings. The molecule has 0 spiro atoms. The van der Waals surface area contributed by atoms with E-state index in [4.69, 9.17) is 21.1 Å². The highest BCUT2D eigenvalue weighted by molar-refractivity contribution is 9.09. The smallest absolute Gasteiger partial charge is 0.306 e. The van der Waals surface area contributed by atoms with Gasteiger partial charge in [0.25, 0.3) is 0 Å². The fraction of sp³-hybridized carbons (Fsp3) is 0.591. The van der Waals surface area contributed by atoms with Crippen LogP contribution in [-0.4, -0.2) is 156 Å². The van der Waals surface area contributed by atoms with Crippen LogP contribution in [-0.2, 0) is 57.5 Å². The molecule has 0 radical (unpaired) electrons.